The van der Waals surface area contributed by atoms with Crippen molar-refractivity contribution in [2.24, 2.45) is 0 Å². The number of hydrogen-bond acceptors (Lipinski definition) is 2. The molecule has 1 aromatic carbocycles. The highest BCUT2D eigenvalue weighted by Gasteiger charge is 2.21. The van der Waals surface area contributed by atoms with Crippen LogP contribution in [0.25, 0.3) is 0 Å². The van der Waals surface area contributed by atoms with Gasteiger partial charge in [0, 0.05) is 28.6 Å². The SMILES string of the molecule is CC1CC(=O)c2cccc(F)c2CS1. The van der Waals surface area contributed by atoms with Crippen LogP contribution < -0.4 is 0 Å². The molecule has 1 aliphatic rings. The Morgan fingerprint density at radius 3 is 3.07 bits per heavy atom. The molecule has 0 aliphatic carbocycles. The summed E-state index contributed by atoms with van der Waals surface area (Å²) in [6.45, 7) is 2.01. The number of halogens is 1. The lowest BCUT2D eigenvalue weighted by atomic mass is 10.0. The third kappa shape index (κ3) is 1.69. The molecule has 0 saturated carbocycles. The smallest absolute Gasteiger partial charge is 0.164 e. The summed E-state index contributed by atoms with van der Waals surface area (Å²) < 4.78 is 13.4. The molecule has 0 saturated heterocycles. The predicted octanol–water partition coefficient (Wildman–Crippen LogP) is 3.03. The molecule has 1 atom stereocenters. The van der Waals surface area contributed by atoms with Crippen LogP contribution in [0.15, 0.2) is 18.2 Å². The summed E-state index contributed by atoms with van der Waals surface area (Å²) in [5.41, 5.74) is 1.15. The van der Waals surface area contributed by atoms with Crippen LogP contribution in [0, 0.1) is 5.82 Å². The summed E-state index contributed by atoms with van der Waals surface area (Å²) in [4.78, 5) is 11.7. The maximum absolute atomic E-state index is 13.4. The highest BCUT2D eigenvalue weighted by Crippen LogP contribution is 2.29. The van der Waals surface area contributed by atoms with E-state index in [0.717, 1.165) is 0 Å². The first-order valence-electron chi connectivity index (χ1n) is 4.60. The van der Waals surface area contributed by atoms with Gasteiger partial charge in [-0.3, -0.25) is 4.79 Å². The number of benzene rings is 1. The quantitative estimate of drug-likeness (QED) is 0.654. The van der Waals surface area contributed by atoms with Crippen LogP contribution in [0.1, 0.15) is 29.3 Å². The summed E-state index contributed by atoms with van der Waals surface area (Å²) in [5, 5.41) is 0.286. The Kier molecular flexibility index (Phi) is 2.59. The average Bonchev–Trinajstić information content (AvgIpc) is 2.28. The second-order valence-electron chi connectivity index (χ2n) is 3.51. The Labute approximate surface area is 86.7 Å². The number of ketones is 1. The molecule has 1 unspecified atom stereocenters. The normalized spacial score (nSPS) is 21.6. The van der Waals surface area contributed by atoms with E-state index in [1.54, 1.807) is 23.9 Å². The third-order valence-electron chi connectivity index (χ3n) is 2.40. The van der Waals surface area contributed by atoms with Crippen molar-refractivity contribution in [2.45, 2.75) is 24.3 Å². The van der Waals surface area contributed by atoms with Crippen LogP contribution in [-0.2, 0) is 5.75 Å². The van der Waals surface area contributed by atoms with E-state index < -0.39 is 0 Å². The second kappa shape index (κ2) is 3.73. The minimum absolute atomic E-state index is 0.0667. The van der Waals surface area contributed by atoms with Crippen molar-refractivity contribution in [1.29, 1.82) is 0 Å². The number of thioether (sulfide) groups is 1. The lowest BCUT2D eigenvalue weighted by Crippen LogP contribution is -2.05. The Morgan fingerprint density at radius 1 is 1.50 bits per heavy atom. The van der Waals surface area contributed by atoms with Crippen LogP contribution in [-0.4, -0.2) is 11.0 Å². The molecule has 0 fully saturated rings. The zero-order chi connectivity index (χ0) is 10.1. The first kappa shape index (κ1) is 9.71. The molecule has 1 heterocycles. The van der Waals surface area contributed by atoms with Crippen molar-refractivity contribution in [3.8, 4) is 0 Å². The second-order valence-corrected chi connectivity index (χ2v) is 4.94. The molecule has 1 nitrogen and oxygen atoms in total. The lowest BCUT2D eigenvalue weighted by Gasteiger charge is -2.04. The first-order valence-corrected chi connectivity index (χ1v) is 5.65. The zero-order valence-electron chi connectivity index (χ0n) is 7.92. The van der Waals surface area contributed by atoms with Crippen molar-refractivity contribution in [3.05, 3.63) is 35.1 Å². The van der Waals surface area contributed by atoms with Crippen molar-refractivity contribution >= 4 is 17.5 Å². The molecule has 1 aliphatic heterocycles. The largest absolute Gasteiger partial charge is 0.294 e. The fourth-order valence-corrected chi connectivity index (χ4v) is 2.64. The standard InChI is InChI=1S/C11H11FOS/c1-7-5-11(13)8-3-2-4-10(12)9(8)6-14-7/h2-4,7H,5-6H2,1H3. The summed E-state index contributed by atoms with van der Waals surface area (Å²) in [6.07, 6.45) is 0.515. The van der Waals surface area contributed by atoms with Gasteiger partial charge in [-0.1, -0.05) is 19.1 Å². The van der Waals surface area contributed by atoms with Crippen molar-refractivity contribution in [1.82, 2.24) is 0 Å². The Morgan fingerprint density at radius 2 is 2.29 bits per heavy atom. The molecule has 0 amide bonds. The monoisotopic (exact) mass is 210 g/mol. The number of carbonyl (C=O) groups is 1. The van der Waals surface area contributed by atoms with Gasteiger partial charge in [0.25, 0.3) is 0 Å². The number of carbonyl (C=O) groups excluding carboxylic acids is 1. The van der Waals surface area contributed by atoms with Crippen molar-refractivity contribution in [3.63, 3.8) is 0 Å². The molecule has 74 valence electrons. The van der Waals surface area contributed by atoms with Crippen LogP contribution in [0.4, 0.5) is 4.39 Å². The zero-order valence-corrected chi connectivity index (χ0v) is 8.73. The minimum Gasteiger partial charge on any atom is -0.294 e. The molecule has 0 aromatic heterocycles. The fourth-order valence-electron chi connectivity index (χ4n) is 1.62. The van der Waals surface area contributed by atoms with E-state index in [9.17, 15) is 9.18 Å². The Hall–Kier alpha value is -0.830. The molecule has 0 bridgehead atoms. The van der Waals surface area contributed by atoms with E-state index in [-0.39, 0.29) is 16.9 Å². The highest BCUT2D eigenvalue weighted by atomic mass is 32.2. The molecular weight excluding hydrogens is 199 g/mol. The molecule has 3 heteroatoms. The van der Waals surface area contributed by atoms with E-state index in [1.165, 1.54) is 6.07 Å². The molecule has 0 radical (unpaired) electrons. The van der Waals surface area contributed by atoms with Gasteiger partial charge in [-0.15, -0.1) is 0 Å². The van der Waals surface area contributed by atoms with Gasteiger partial charge >= 0.3 is 0 Å². The lowest BCUT2D eigenvalue weighted by molar-refractivity contribution is 0.0983. The average molecular weight is 210 g/mol. The van der Waals surface area contributed by atoms with Gasteiger partial charge in [-0.25, -0.2) is 4.39 Å². The predicted molar refractivity (Wildman–Crippen MR) is 56.1 cm³/mol. The van der Waals surface area contributed by atoms with Crippen LogP contribution in [0.5, 0.6) is 0 Å². The molecular formula is C11H11FOS. The fraction of sp³-hybridized carbons (Fsp3) is 0.364. The van der Waals surface area contributed by atoms with Crippen LogP contribution >= 0.6 is 11.8 Å². The number of Topliss-reactive ketones (excluding diaryl/α,β-unsaturated/α-hetero) is 1. The van der Waals surface area contributed by atoms with Crippen molar-refractivity contribution in [2.75, 3.05) is 0 Å². The first-order chi connectivity index (χ1) is 6.68. The van der Waals surface area contributed by atoms with Gasteiger partial charge in [-0.05, 0) is 6.07 Å². The van der Waals surface area contributed by atoms with E-state index in [1.807, 2.05) is 6.92 Å². The Balaban J connectivity index is 2.48. The maximum atomic E-state index is 13.4. The van der Waals surface area contributed by atoms with E-state index in [4.69, 9.17) is 0 Å². The molecule has 0 spiro atoms. The number of rotatable bonds is 0. The van der Waals surface area contributed by atoms with Crippen LogP contribution in [0.3, 0.4) is 0 Å². The van der Waals surface area contributed by atoms with Crippen LogP contribution in [0.2, 0.25) is 0 Å². The highest BCUT2D eigenvalue weighted by molar-refractivity contribution is 7.99. The van der Waals surface area contributed by atoms with Gasteiger partial charge in [0.1, 0.15) is 5.82 Å². The summed E-state index contributed by atoms with van der Waals surface area (Å²) in [5.74, 6) is 0.420. The molecule has 14 heavy (non-hydrogen) atoms. The van der Waals surface area contributed by atoms with Gasteiger partial charge in [0.2, 0.25) is 0 Å². The third-order valence-corrected chi connectivity index (χ3v) is 3.60. The van der Waals surface area contributed by atoms with E-state index in [2.05, 4.69) is 0 Å². The summed E-state index contributed by atoms with van der Waals surface area (Å²) >= 11 is 1.64. The van der Waals surface area contributed by atoms with Gasteiger partial charge in [0.15, 0.2) is 5.78 Å². The maximum Gasteiger partial charge on any atom is 0.164 e. The summed E-state index contributed by atoms with van der Waals surface area (Å²) in [7, 11) is 0. The summed E-state index contributed by atoms with van der Waals surface area (Å²) in [6, 6.07) is 4.74. The number of fused-ring (bicyclic) bond motifs is 1. The van der Waals surface area contributed by atoms with Gasteiger partial charge < -0.3 is 0 Å². The molecule has 2 rings (SSSR count). The number of hydrogen-bond donors (Lipinski definition) is 0. The topological polar surface area (TPSA) is 17.1 Å². The molecule has 1 aromatic rings. The van der Waals surface area contributed by atoms with E-state index in [0.29, 0.717) is 23.3 Å². The Bertz CT molecular complexity index is 376. The minimum atomic E-state index is -0.252. The van der Waals surface area contributed by atoms with Crippen molar-refractivity contribution < 1.29 is 9.18 Å². The van der Waals surface area contributed by atoms with Gasteiger partial charge in [0.05, 0.1) is 0 Å². The molecule has 0 N–H and O–H groups in total. The van der Waals surface area contributed by atoms with E-state index >= 15 is 0 Å². The van der Waals surface area contributed by atoms with Gasteiger partial charge in [-0.2, -0.15) is 11.8 Å².